The highest BCUT2D eigenvalue weighted by molar-refractivity contribution is 8.01. The lowest BCUT2D eigenvalue weighted by atomic mass is 9.96. The topological polar surface area (TPSA) is 83.1 Å². The van der Waals surface area contributed by atoms with Crippen molar-refractivity contribution in [1.29, 1.82) is 0 Å². The van der Waals surface area contributed by atoms with Gasteiger partial charge in [-0.1, -0.05) is 35.0 Å². The predicted octanol–water partition coefficient (Wildman–Crippen LogP) is 6.65. The lowest BCUT2D eigenvalue weighted by molar-refractivity contribution is -0.123. The molecule has 2 aliphatic heterocycles. The Labute approximate surface area is 272 Å². The molecule has 0 N–H and O–H groups in total. The van der Waals surface area contributed by atoms with Crippen LogP contribution in [0.2, 0.25) is 10.0 Å². The first-order valence-electron chi connectivity index (χ1n) is 14.7. The van der Waals surface area contributed by atoms with Crippen molar-refractivity contribution in [3.05, 3.63) is 46.4 Å². The fraction of sp³-hybridized carbons (Fsp3) is 0.533. The number of likely N-dealkylation sites (tertiary alicyclic amines) is 1. The number of aromatic nitrogens is 1. The van der Waals surface area contributed by atoms with Gasteiger partial charge in [0.15, 0.2) is 4.34 Å². The number of ether oxygens (including phenoxy) is 1. The molecule has 0 atom stereocenters. The van der Waals surface area contributed by atoms with Crippen LogP contribution in [-0.4, -0.2) is 85.9 Å². The van der Waals surface area contributed by atoms with Gasteiger partial charge < -0.3 is 14.5 Å². The Hall–Kier alpha value is -1.60. The van der Waals surface area contributed by atoms with Gasteiger partial charge in [-0.05, 0) is 95.1 Å². The van der Waals surface area contributed by atoms with Crippen LogP contribution in [0.25, 0.3) is 10.2 Å². The molecular weight excluding hydrogens is 647 g/mol. The molecule has 2 saturated heterocycles. The third-order valence-corrected chi connectivity index (χ3v) is 12.6. The highest BCUT2D eigenvalue weighted by atomic mass is 35.5. The molecule has 2 aromatic carbocycles. The van der Waals surface area contributed by atoms with Crippen LogP contribution in [0.4, 0.5) is 5.69 Å². The molecule has 1 amide bonds. The lowest BCUT2D eigenvalue weighted by Crippen LogP contribution is -2.45. The average molecular weight is 686 g/mol. The zero-order valence-corrected chi connectivity index (χ0v) is 28.5. The summed E-state index contributed by atoms with van der Waals surface area (Å²) in [5.41, 5.74) is 1.75. The summed E-state index contributed by atoms with van der Waals surface area (Å²) in [6, 6.07) is 11.4. The van der Waals surface area contributed by atoms with E-state index in [2.05, 4.69) is 11.0 Å². The van der Waals surface area contributed by atoms with E-state index in [0.717, 1.165) is 64.9 Å². The number of benzene rings is 2. The number of piperidine rings is 2. The number of amides is 1. The molecular formula is C30H38Cl2N4O4S3. The van der Waals surface area contributed by atoms with Gasteiger partial charge in [0.2, 0.25) is 15.9 Å². The molecule has 3 aromatic rings. The minimum absolute atomic E-state index is 0.0193. The normalized spacial score (nSPS) is 17.9. The van der Waals surface area contributed by atoms with E-state index in [4.69, 9.17) is 32.9 Å². The fourth-order valence-electron chi connectivity index (χ4n) is 5.71. The Morgan fingerprint density at radius 1 is 1.07 bits per heavy atom. The van der Waals surface area contributed by atoms with E-state index in [1.165, 1.54) is 10.6 Å². The zero-order valence-electron chi connectivity index (χ0n) is 24.5. The molecule has 0 saturated carbocycles. The average Bonchev–Trinajstić information content (AvgIpc) is 3.39. The Bertz CT molecular complexity index is 1520. The predicted molar refractivity (Wildman–Crippen MR) is 179 cm³/mol. The molecule has 8 nitrogen and oxygen atoms in total. The Kier molecular flexibility index (Phi) is 11.2. The number of halogens is 2. The summed E-state index contributed by atoms with van der Waals surface area (Å²) < 4.78 is 33.3. The molecule has 43 heavy (non-hydrogen) atoms. The van der Waals surface area contributed by atoms with Crippen LogP contribution in [0, 0.1) is 5.92 Å². The summed E-state index contributed by atoms with van der Waals surface area (Å²) in [7, 11) is -3.25. The van der Waals surface area contributed by atoms with Crippen LogP contribution in [-0.2, 0) is 14.8 Å². The van der Waals surface area contributed by atoms with Gasteiger partial charge in [0, 0.05) is 36.5 Å². The molecule has 0 bridgehead atoms. The third kappa shape index (κ3) is 8.56. The molecule has 2 fully saturated rings. The molecule has 3 heterocycles. The highest BCUT2D eigenvalue weighted by Gasteiger charge is 2.32. The van der Waals surface area contributed by atoms with Crippen molar-refractivity contribution in [1.82, 2.24) is 14.2 Å². The van der Waals surface area contributed by atoms with E-state index in [-0.39, 0.29) is 11.8 Å². The standard InChI is InChI=1S/C30H38Cl2N4O4S3/c1-3-40-23-6-8-27-28(20-23)42-30(33-27)41-24-11-15-34(16-12-24)13-4-14-36(22-5-7-25(31)26(32)19-22)29(37)21-9-17-35(18-10-21)43(2,38)39/h5-8,19-21,24H,3-4,9-18H2,1-2H3. The number of nitrogens with zero attached hydrogens (tertiary/aromatic N) is 4. The van der Waals surface area contributed by atoms with Crippen molar-refractivity contribution < 1.29 is 17.9 Å². The minimum atomic E-state index is -3.25. The van der Waals surface area contributed by atoms with Gasteiger partial charge in [0.05, 0.1) is 33.1 Å². The maximum Gasteiger partial charge on any atom is 0.230 e. The summed E-state index contributed by atoms with van der Waals surface area (Å²) in [6.07, 6.45) is 5.26. The van der Waals surface area contributed by atoms with Crippen LogP contribution < -0.4 is 9.64 Å². The van der Waals surface area contributed by atoms with Gasteiger partial charge in [-0.15, -0.1) is 11.3 Å². The Morgan fingerprint density at radius 3 is 2.49 bits per heavy atom. The van der Waals surface area contributed by atoms with Gasteiger partial charge in [0.25, 0.3) is 0 Å². The number of rotatable bonds is 11. The Morgan fingerprint density at radius 2 is 1.81 bits per heavy atom. The second kappa shape index (κ2) is 14.7. The molecule has 5 rings (SSSR count). The van der Waals surface area contributed by atoms with E-state index in [1.54, 1.807) is 23.5 Å². The molecule has 0 radical (unpaired) electrons. The smallest absolute Gasteiger partial charge is 0.230 e. The van der Waals surface area contributed by atoms with Crippen LogP contribution in [0.5, 0.6) is 5.75 Å². The van der Waals surface area contributed by atoms with Crippen LogP contribution in [0.15, 0.2) is 40.7 Å². The summed E-state index contributed by atoms with van der Waals surface area (Å²) in [5.74, 6) is 0.680. The molecule has 0 aliphatic carbocycles. The van der Waals surface area contributed by atoms with Crippen molar-refractivity contribution in [2.24, 2.45) is 5.92 Å². The van der Waals surface area contributed by atoms with E-state index < -0.39 is 10.0 Å². The van der Waals surface area contributed by atoms with Gasteiger partial charge in [-0.3, -0.25) is 4.79 Å². The number of thioether (sulfide) groups is 1. The number of anilines is 1. The highest BCUT2D eigenvalue weighted by Crippen LogP contribution is 2.37. The minimum Gasteiger partial charge on any atom is -0.494 e. The maximum atomic E-state index is 13.7. The molecule has 2 aliphatic rings. The van der Waals surface area contributed by atoms with Crippen molar-refractivity contribution >= 4 is 78.1 Å². The number of hydrogen-bond acceptors (Lipinski definition) is 8. The van der Waals surface area contributed by atoms with Crippen molar-refractivity contribution in [3.8, 4) is 5.75 Å². The Balaban J connectivity index is 1.14. The SMILES string of the molecule is CCOc1ccc2nc(SC3CCN(CCCN(C(=O)C4CCN(S(C)(=O)=O)CC4)c4ccc(Cl)c(Cl)c4)CC3)sc2c1. The second-order valence-corrected chi connectivity index (χ2v) is 16.5. The van der Waals surface area contributed by atoms with Gasteiger partial charge in [-0.2, -0.15) is 0 Å². The summed E-state index contributed by atoms with van der Waals surface area (Å²) in [5, 5.41) is 1.39. The number of hydrogen-bond donors (Lipinski definition) is 0. The van der Waals surface area contributed by atoms with E-state index in [1.807, 2.05) is 41.8 Å². The fourth-order valence-corrected chi connectivity index (χ4v) is 9.36. The van der Waals surface area contributed by atoms with Crippen LogP contribution >= 0.6 is 46.3 Å². The number of thiazole rings is 1. The quantitative estimate of drug-likeness (QED) is 0.224. The largest absolute Gasteiger partial charge is 0.494 e. The lowest BCUT2D eigenvalue weighted by Gasteiger charge is -2.34. The van der Waals surface area contributed by atoms with E-state index in [9.17, 15) is 13.2 Å². The zero-order chi connectivity index (χ0) is 30.6. The number of sulfonamides is 1. The van der Waals surface area contributed by atoms with Crippen molar-refractivity contribution in [2.75, 3.05) is 57.0 Å². The maximum absolute atomic E-state index is 13.7. The number of carbonyl (C=O) groups is 1. The molecule has 1 aromatic heterocycles. The first-order chi connectivity index (χ1) is 20.6. The summed E-state index contributed by atoms with van der Waals surface area (Å²) >= 11 is 16.1. The summed E-state index contributed by atoms with van der Waals surface area (Å²) in [4.78, 5) is 22.8. The van der Waals surface area contributed by atoms with Crippen LogP contribution in [0.3, 0.4) is 0 Å². The second-order valence-electron chi connectivity index (χ2n) is 11.1. The van der Waals surface area contributed by atoms with Gasteiger partial charge >= 0.3 is 0 Å². The third-order valence-electron chi connectivity index (χ3n) is 8.06. The van der Waals surface area contributed by atoms with E-state index >= 15 is 0 Å². The summed E-state index contributed by atoms with van der Waals surface area (Å²) in [6.45, 7) is 6.87. The first kappa shape index (κ1) is 32.8. The number of carbonyl (C=O) groups excluding carboxylic acids is 1. The van der Waals surface area contributed by atoms with Crippen molar-refractivity contribution in [3.63, 3.8) is 0 Å². The molecule has 234 valence electrons. The van der Waals surface area contributed by atoms with Gasteiger partial charge in [0.1, 0.15) is 5.75 Å². The van der Waals surface area contributed by atoms with Gasteiger partial charge in [-0.25, -0.2) is 17.7 Å². The molecule has 0 unspecified atom stereocenters. The van der Waals surface area contributed by atoms with E-state index in [0.29, 0.717) is 54.4 Å². The monoisotopic (exact) mass is 684 g/mol. The number of fused-ring (bicyclic) bond motifs is 1. The van der Waals surface area contributed by atoms with Crippen molar-refractivity contribution in [2.45, 2.75) is 48.6 Å². The molecule has 0 spiro atoms. The van der Waals surface area contributed by atoms with Crippen LogP contribution in [0.1, 0.15) is 39.0 Å². The first-order valence-corrected chi connectivity index (χ1v) is 19.0. The molecule has 13 heteroatoms.